The van der Waals surface area contributed by atoms with E-state index < -0.39 is 17.5 Å². The quantitative estimate of drug-likeness (QED) is 0.642. The Morgan fingerprint density at radius 2 is 1.82 bits per heavy atom. The molecule has 2 N–H and O–H groups in total. The Balaban J connectivity index is 0.00000280. The average molecular weight is 416 g/mol. The summed E-state index contributed by atoms with van der Waals surface area (Å²) in [5, 5.41) is 6.17. The Morgan fingerprint density at radius 1 is 1.11 bits per heavy atom. The third-order valence-electron chi connectivity index (χ3n) is 5.27. The fourth-order valence-corrected chi connectivity index (χ4v) is 3.36. The predicted molar refractivity (Wildman–Crippen MR) is 106 cm³/mol. The Hall–Kier alpha value is -1.73. The molecule has 0 bridgehead atoms. The van der Waals surface area contributed by atoms with E-state index in [0.29, 0.717) is 24.9 Å². The molecule has 1 aliphatic heterocycles. The lowest BCUT2D eigenvalue weighted by molar-refractivity contribution is -0.132. The SMILES string of the molecule is Cl.O=C(NCCCC(=O)N1CCC(NCC2CC2)CC1)c1ccc(F)cc1F. The van der Waals surface area contributed by atoms with E-state index in [9.17, 15) is 18.4 Å². The van der Waals surface area contributed by atoms with Gasteiger partial charge >= 0.3 is 0 Å². The molecule has 1 aliphatic carbocycles. The highest BCUT2D eigenvalue weighted by molar-refractivity contribution is 5.94. The lowest BCUT2D eigenvalue weighted by Crippen LogP contribution is -2.45. The Morgan fingerprint density at radius 3 is 2.46 bits per heavy atom. The maximum absolute atomic E-state index is 13.5. The highest BCUT2D eigenvalue weighted by Gasteiger charge is 2.25. The van der Waals surface area contributed by atoms with E-state index in [1.807, 2.05) is 4.90 Å². The summed E-state index contributed by atoms with van der Waals surface area (Å²) < 4.78 is 26.4. The second kappa shape index (κ2) is 10.7. The molecule has 3 rings (SSSR count). The second-order valence-corrected chi connectivity index (χ2v) is 7.49. The molecule has 1 saturated heterocycles. The van der Waals surface area contributed by atoms with Crippen LogP contribution in [0.25, 0.3) is 0 Å². The van der Waals surface area contributed by atoms with E-state index in [-0.39, 0.29) is 30.4 Å². The molecule has 2 fully saturated rings. The Kier molecular flexibility index (Phi) is 8.63. The zero-order chi connectivity index (χ0) is 19.2. The number of piperidine rings is 1. The average Bonchev–Trinajstić information content (AvgIpc) is 3.48. The van der Waals surface area contributed by atoms with Gasteiger partial charge in [0.25, 0.3) is 5.91 Å². The van der Waals surface area contributed by atoms with Crippen LogP contribution in [0.4, 0.5) is 8.78 Å². The summed E-state index contributed by atoms with van der Waals surface area (Å²) in [4.78, 5) is 26.1. The second-order valence-electron chi connectivity index (χ2n) is 7.49. The minimum atomic E-state index is -0.887. The van der Waals surface area contributed by atoms with Crippen molar-refractivity contribution in [1.29, 1.82) is 0 Å². The van der Waals surface area contributed by atoms with Crippen LogP contribution in [0.2, 0.25) is 0 Å². The summed E-state index contributed by atoms with van der Waals surface area (Å²) >= 11 is 0. The summed E-state index contributed by atoms with van der Waals surface area (Å²) in [6.07, 6.45) is 5.50. The smallest absolute Gasteiger partial charge is 0.254 e. The molecule has 2 amide bonds. The van der Waals surface area contributed by atoms with Gasteiger partial charge in [-0.25, -0.2) is 8.78 Å². The van der Waals surface area contributed by atoms with Gasteiger partial charge in [0.15, 0.2) is 0 Å². The number of carbonyl (C=O) groups excluding carboxylic acids is 2. The molecule has 0 spiro atoms. The number of hydrogen-bond donors (Lipinski definition) is 2. The lowest BCUT2D eigenvalue weighted by atomic mass is 10.0. The van der Waals surface area contributed by atoms with Gasteiger partial charge in [-0.15, -0.1) is 12.4 Å². The van der Waals surface area contributed by atoms with Crippen molar-refractivity contribution in [3.63, 3.8) is 0 Å². The van der Waals surface area contributed by atoms with Crippen LogP contribution in [0.1, 0.15) is 48.9 Å². The van der Waals surface area contributed by atoms with Gasteiger partial charge in [-0.3, -0.25) is 9.59 Å². The van der Waals surface area contributed by atoms with Crippen LogP contribution in [-0.4, -0.2) is 48.9 Å². The molecule has 1 heterocycles. The maximum atomic E-state index is 13.5. The van der Waals surface area contributed by atoms with Gasteiger partial charge < -0.3 is 15.5 Å². The van der Waals surface area contributed by atoms with Gasteiger partial charge in [-0.2, -0.15) is 0 Å². The lowest BCUT2D eigenvalue weighted by Gasteiger charge is -2.32. The minimum absolute atomic E-state index is 0. The van der Waals surface area contributed by atoms with Crippen LogP contribution in [0, 0.1) is 17.6 Å². The highest BCUT2D eigenvalue weighted by Crippen LogP contribution is 2.28. The topological polar surface area (TPSA) is 61.4 Å². The fourth-order valence-electron chi connectivity index (χ4n) is 3.36. The monoisotopic (exact) mass is 415 g/mol. The third kappa shape index (κ3) is 6.71. The van der Waals surface area contributed by atoms with Gasteiger partial charge in [-0.1, -0.05) is 0 Å². The number of likely N-dealkylation sites (tertiary alicyclic amines) is 1. The number of hydrogen-bond acceptors (Lipinski definition) is 3. The Labute approximate surface area is 170 Å². The van der Waals surface area contributed by atoms with Crippen LogP contribution in [0.5, 0.6) is 0 Å². The standard InChI is InChI=1S/C20H27F2N3O2.ClH/c21-15-5-6-17(18(22)12-15)20(27)23-9-1-2-19(26)25-10-7-16(8-11-25)24-13-14-3-4-14;/h5-6,12,14,16,24H,1-4,7-11,13H2,(H,23,27);1H. The number of nitrogens with one attached hydrogen (secondary N) is 2. The predicted octanol–water partition coefficient (Wildman–Crippen LogP) is 2.89. The number of nitrogens with zero attached hydrogens (tertiary/aromatic N) is 1. The molecule has 8 heteroatoms. The van der Waals surface area contributed by atoms with E-state index in [0.717, 1.165) is 50.5 Å². The molecule has 0 unspecified atom stereocenters. The van der Waals surface area contributed by atoms with Crippen LogP contribution in [0.15, 0.2) is 18.2 Å². The highest BCUT2D eigenvalue weighted by atomic mass is 35.5. The van der Waals surface area contributed by atoms with Crippen molar-refractivity contribution in [2.45, 2.75) is 44.6 Å². The van der Waals surface area contributed by atoms with Gasteiger partial charge in [0.05, 0.1) is 5.56 Å². The van der Waals surface area contributed by atoms with Crippen molar-refractivity contribution < 1.29 is 18.4 Å². The molecule has 156 valence electrons. The Bertz CT molecular complexity index is 677. The molecule has 0 atom stereocenters. The zero-order valence-electron chi connectivity index (χ0n) is 15.9. The van der Waals surface area contributed by atoms with E-state index in [1.165, 1.54) is 12.8 Å². The first kappa shape index (κ1) is 22.6. The molecule has 1 saturated carbocycles. The molecule has 1 aromatic carbocycles. The first-order valence-electron chi connectivity index (χ1n) is 9.77. The van der Waals surface area contributed by atoms with Gasteiger partial charge in [0.1, 0.15) is 11.6 Å². The van der Waals surface area contributed by atoms with Crippen molar-refractivity contribution in [1.82, 2.24) is 15.5 Å². The summed E-state index contributed by atoms with van der Waals surface area (Å²) in [5.74, 6) is -1.24. The zero-order valence-corrected chi connectivity index (χ0v) is 16.7. The summed E-state index contributed by atoms with van der Waals surface area (Å²) in [6, 6.07) is 3.36. The van der Waals surface area contributed by atoms with Crippen molar-refractivity contribution >= 4 is 24.2 Å². The van der Waals surface area contributed by atoms with Crippen LogP contribution < -0.4 is 10.6 Å². The first-order valence-corrected chi connectivity index (χ1v) is 9.77. The molecule has 5 nitrogen and oxygen atoms in total. The van der Waals surface area contributed by atoms with Crippen molar-refractivity contribution in [3.8, 4) is 0 Å². The molecule has 2 aliphatic rings. The number of halogens is 3. The molecular weight excluding hydrogens is 388 g/mol. The number of rotatable bonds is 8. The molecule has 28 heavy (non-hydrogen) atoms. The van der Waals surface area contributed by atoms with Crippen molar-refractivity contribution in [2.75, 3.05) is 26.2 Å². The summed E-state index contributed by atoms with van der Waals surface area (Å²) in [5.41, 5.74) is -0.191. The summed E-state index contributed by atoms with van der Waals surface area (Å²) in [7, 11) is 0. The van der Waals surface area contributed by atoms with Gasteiger partial charge in [0.2, 0.25) is 5.91 Å². The number of benzene rings is 1. The van der Waals surface area contributed by atoms with E-state index in [4.69, 9.17) is 0 Å². The van der Waals surface area contributed by atoms with Crippen LogP contribution in [-0.2, 0) is 4.79 Å². The van der Waals surface area contributed by atoms with Crippen molar-refractivity contribution in [3.05, 3.63) is 35.4 Å². The third-order valence-corrected chi connectivity index (χ3v) is 5.27. The molecule has 0 radical (unpaired) electrons. The number of carbonyl (C=O) groups is 2. The maximum Gasteiger partial charge on any atom is 0.254 e. The normalized spacial score (nSPS) is 17.1. The van der Waals surface area contributed by atoms with Gasteiger partial charge in [0, 0.05) is 38.2 Å². The van der Waals surface area contributed by atoms with Crippen LogP contribution in [0.3, 0.4) is 0 Å². The largest absolute Gasteiger partial charge is 0.352 e. The number of amides is 2. The van der Waals surface area contributed by atoms with E-state index >= 15 is 0 Å². The van der Waals surface area contributed by atoms with Crippen molar-refractivity contribution in [2.24, 2.45) is 5.92 Å². The first-order chi connectivity index (χ1) is 13.0. The minimum Gasteiger partial charge on any atom is -0.352 e. The van der Waals surface area contributed by atoms with E-state index in [1.54, 1.807) is 0 Å². The molecule has 1 aromatic rings. The molecule has 0 aromatic heterocycles. The summed E-state index contributed by atoms with van der Waals surface area (Å²) in [6.45, 7) is 2.93. The van der Waals surface area contributed by atoms with Gasteiger partial charge in [-0.05, 0) is 56.7 Å². The van der Waals surface area contributed by atoms with Crippen LogP contribution >= 0.6 is 12.4 Å². The fraction of sp³-hybridized carbons (Fsp3) is 0.600. The molecular formula is C20H28ClF2N3O2. The van der Waals surface area contributed by atoms with E-state index in [2.05, 4.69) is 10.6 Å².